The molecule has 0 aliphatic rings. The third-order valence-electron chi connectivity index (χ3n) is 2.21. The van der Waals surface area contributed by atoms with Crippen LogP contribution in [0.2, 0.25) is 0 Å². The Bertz CT molecular complexity index is 464. The van der Waals surface area contributed by atoms with E-state index in [2.05, 4.69) is 5.32 Å². The summed E-state index contributed by atoms with van der Waals surface area (Å²) in [7, 11) is 1.34. The largest absolute Gasteiger partial charge is 0.480 e. The Hall–Kier alpha value is -2.15. The van der Waals surface area contributed by atoms with Crippen molar-refractivity contribution in [1.82, 2.24) is 0 Å². The lowest BCUT2D eigenvalue weighted by Crippen LogP contribution is -2.34. The van der Waals surface area contributed by atoms with Crippen molar-refractivity contribution in [3.8, 4) is 0 Å². The maximum Gasteiger partial charge on any atom is 0.328 e. The van der Waals surface area contributed by atoms with Gasteiger partial charge in [0, 0.05) is 12.8 Å². The number of nitrogens with two attached hydrogens (primary N) is 1. The Balaban J connectivity index is 3.01. The molecule has 0 saturated heterocycles. The van der Waals surface area contributed by atoms with E-state index in [4.69, 9.17) is 15.6 Å². The van der Waals surface area contributed by atoms with Gasteiger partial charge in [0.2, 0.25) is 0 Å². The van der Waals surface area contributed by atoms with Crippen LogP contribution in [0.1, 0.15) is 10.4 Å². The minimum Gasteiger partial charge on any atom is -0.480 e. The Morgan fingerprint density at radius 2 is 2.22 bits per heavy atom. The minimum absolute atomic E-state index is 0.106. The number of anilines is 1. The fourth-order valence-electron chi connectivity index (χ4n) is 1.38. The van der Waals surface area contributed by atoms with Gasteiger partial charge in [0.05, 0.1) is 12.2 Å². The summed E-state index contributed by atoms with van der Waals surface area (Å²) in [6, 6.07) is 2.23. The van der Waals surface area contributed by atoms with Crippen LogP contribution < -0.4 is 11.1 Å². The lowest BCUT2D eigenvalue weighted by atomic mass is 10.1. The van der Waals surface area contributed by atoms with Crippen molar-refractivity contribution in [2.75, 3.05) is 19.0 Å². The quantitative estimate of drug-likeness (QED) is 0.685. The Labute approximate surface area is 103 Å². The summed E-state index contributed by atoms with van der Waals surface area (Å²) in [5.74, 6) is -2.64. The second kappa shape index (κ2) is 5.97. The zero-order chi connectivity index (χ0) is 13.7. The van der Waals surface area contributed by atoms with E-state index in [1.54, 1.807) is 0 Å². The molecule has 1 unspecified atom stereocenters. The number of nitrogens with one attached hydrogen (secondary N) is 1. The van der Waals surface area contributed by atoms with Gasteiger partial charge in [-0.3, -0.25) is 4.79 Å². The molecule has 0 spiro atoms. The van der Waals surface area contributed by atoms with Crippen LogP contribution in [0.3, 0.4) is 0 Å². The van der Waals surface area contributed by atoms with Gasteiger partial charge in [-0.1, -0.05) is 0 Å². The number of benzene rings is 1. The first-order valence-electron chi connectivity index (χ1n) is 5.03. The molecule has 1 amide bonds. The average molecular weight is 256 g/mol. The van der Waals surface area contributed by atoms with Crippen molar-refractivity contribution < 1.29 is 23.8 Å². The van der Waals surface area contributed by atoms with Crippen molar-refractivity contribution in [2.45, 2.75) is 6.04 Å². The molecule has 1 aromatic carbocycles. The Morgan fingerprint density at radius 1 is 1.56 bits per heavy atom. The normalized spacial score (nSPS) is 11.9. The fourth-order valence-corrected chi connectivity index (χ4v) is 1.38. The second-order valence-corrected chi connectivity index (χ2v) is 3.54. The second-order valence-electron chi connectivity index (χ2n) is 3.54. The predicted octanol–water partition coefficient (Wildman–Crippen LogP) is 0.436. The molecule has 0 bridgehead atoms. The molecule has 0 aromatic heterocycles. The van der Waals surface area contributed by atoms with Gasteiger partial charge in [0.15, 0.2) is 0 Å². The number of amides is 1. The number of primary amides is 1. The van der Waals surface area contributed by atoms with Gasteiger partial charge in [-0.15, -0.1) is 0 Å². The molecular weight excluding hydrogens is 243 g/mol. The molecule has 6 nitrogen and oxygen atoms in total. The summed E-state index contributed by atoms with van der Waals surface area (Å²) in [4.78, 5) is 22.0. The first-order chi connectivity index (χ1) is 8.45. The van der Waals surface area contributed by atoms with Crippen molar-refractivity contribution in [1.29, 1.82) is 0 Å². The highest BCUT2D eigenvalue weighted by molar-refractivity contribution is 5.99. The van der Waals surface area contributed by atoms with E-state index < -0.39 is 23.7 Å². The van der Waals surface area contributed by atoms with Gasteiger partial charge >= 0.3 is 5.97 Å². The zero-order valence-electron chi connectivity index (χ0n) is 9.64. The van der Waals surface area contributed by atoms with Crippen LogP contribution in [0.5, 0.6) is 0 Å². The number of carbonyl (C=O) groups excluding carboxylic acids is 1. The lowest BCUT2D eigenvalue weighted by Gasteiger charge is -2.16. The van der Waals surface area contributed by atoms with Crippen LogP contribution in [-0.4, -0.2) is 36.7 Å². The maximum atomic E-state index is 13.0. The topological polar surface area (TPSA) is 102 Å². The van der Waals surface area contributed by atoms with Crippen LogP contribution >= 0.6 is 0 Å². The number of ether oxygens (including phenoxy) is 1. The van der Waals surface area contributed by atoms with Gasteiger partial charge in [-0.2, -0.15) is 0 Å². The number of rotatable bonds is 6. The third-order valence-corrected chi connectivity index (χ3v) is 2.21. The summed E-state index contributed by atoms with van der Waals surface area (Å²) >= 11 is 0. The minimum atomic E-state index is -1.16. The van der Waals surface area contributed by atoms with E-state index >= 15 is 0 Å². The van der Waals surface area contributed by atoms with Crippen molar-refractivity contribution in [2.24, 2.45) is 5.73 Å². The number of hydrogen-bond acceptors (Lipinski definition) is 4. The van der Waals surface area contributed by atoms with Gasteiger partial charge in [0.1, 0.15) is 11.9 Å². The van der Waals surface area contributed by atoms with E-state index in [1.807, 2.05) is 0 Å². The molecule has 4 N–H and O–H groups in total. The monoisotopic (exact) mass is 256 g/mol. The van der Waals surface area contributed by atoms with E-state index in [1.165, 1.54) is 13.2 Å². The van der Waals surface area contributed by atoms with Crippen molar-refractivity contribution in [3.63, 3.8) is 0 Å². The van der Waals surface area contributed by atoms with Gasteiger partial charge < -0.3 is 20.9 Å². The van der Waals surface area contributed by atoms with Crippen LogP contribution in [0, 0.1) is 5.82 Å². The first-order valence-corrected chi connectivity index (χ1v) is 5.03. The van der Waals surface area contributed by atoms with Crippen molar-refractivity contribution >= 4 is 17.6 Å². The molecular formula is C11H13FN2O4. The number of carboxylic acids is 1. The number of hydrogen-bond donors (Lipinski definition) is 3. The molecule has 7 heteroatoms. The first kappa shape index (κ1) is 13.9. The third kappa shape index (κ3) is 3.42. The molecule has 18 heavy (non-hydrogen) atoms. The summed E-state index contributed by atoms with van der Waals surface area (Å²) in [6.07, 6.45) is 0. The number of methoxy groups -OCH3 is 1. The molecule has 98 valence electrons. The van der Waals surface area contributed by atoms with E-state index in [0.29, 0.717) is 0 Å². The Kier molecular flexibility index (Phi) is 4.61. The van der Waals surface area contributed by atoms with Crippen LogP contribution in [-0.2, 0) is 9.53 Å². The van der Waals surface area contributed by atoms with Crippen LogP contribution in [0.25, 0.3) is 0 Å². The molecule has 0 aliphatic carbocycles. The summed E-state index contributed by atoms with van der Waals surface area (Å²) in [5, 5.41) is 11.5. The number of halogens is 1. The molecule has 0 saturated carbocycles. The molecule has 1 rings (SSSR count). The molecule has 0 fully saturated rings. The molecule has 1 atom stereocenters. The van der Waals surface area contributed by atoms with Crippen molar-refractivity contribution in [3.05, 3.63) is 29.6 Å². The molecule has 0 aliphatic heterocycles. The number of carbonyl (C=O) groups is 2. The molecule has 0 radical (unpaired) electrons. The highest BCUT2D eigenvalue weighted by Gasteiger charge is 2.19. The Morgan fingerprint density at radius 3 is 2.72 bits per heavy atom. The zero-order valence-corrected chi connectivity index (χ0v) is 9.64. The highest BCUT2D eigenvalue weighted by Crippen LogP contribution is 2.17. The lowest BCUT2D eigenvalue weighted by molar-refractivity contribution is -0.139. The van der Waals surface area contributed by atoms with Gasteiger partial charge in [0.25, 0.3) is 5.91 Å². The number of aliphatic carboxylic acids is 1. The van der Waals surface area contributed by atoms with Gasteiger partial charge in [-0.25, -0.2) is 9.18 Å². The standard InChI is InChI=1S/C11H13FN2O4/c1-18-5-9(11(16)17)14-8-3-2-6(12)4-7(8)10(13)15/h2-4,9,14H,5H2,1H3,(H2,13,15)(H,16,17). The van der Waals surface area contributed by atoms with E-state index in [0.717, 1.165) is 12.1 Å². The average Bonchev–Trinajstić information content (AvgIpc) is 2.30. The summed E-state index contributed by atoms with van der Waals surface area (Å²) in [6.45, 7) is -0.106. The van der Waals surface area contributed by atoms with Crippen LogP contribution in [0.15, 0.2) is 18.2 Å². The fraction of sp³-hybridized carbons (Fsp3) is 0.273. The SMILES string of the molecule is COCC(Nc1ccc(F)cc1C(N)=O)C(=O)O. The van der Waals surface area contributed by atoms with E-state index in [-0.39, 0.29) is 17.9 Å². The smallest absolute Gasteiger partial charge is 0.328 e. The van der Waals surface area contributed by atoms with Crippen LogP contribution in [0.4, 0.5) is 10.1 Å². The van der Waals surface area contributed by atoms with E-state index in [9.17, 15) is 14.0 Å². The summed E-state index contributed by atoms with van der Waals surface area (Å²) in [5.41, 5.74) is 5.12. The maximum absolute atomic E-state index is 13.0. The predicted molar refractivity (Wildman–Crippen MR) is 61.8 cm³/mol. The highest BCUT2D eigenvalue weighted by atomic mass is 19.1. The number of carboxylic acid groups (broad SMARTS) is 1. The van der Waals surface area contributed by atoms with Gasteiger partial charge in [-0.05, 0) is 18.2 Å². The summed E-state index contributed by atoms with van der Waals surface area (Å²) < 4.78 is 17.7. The molecule has 0 heterocycles. The molecule has 1 aromatic rings.